The minimum absolute atomic E-state index is 0.220. The van der Waals surface area contributed by atoms with E-state index >= 15 is 0 Å². The second-order valence-corrected chi connectivity index (χ2v) is 2.99. The fraction of sp³-hybridized carbons (Fsp3) is 0.300. The highest BCUT2D eigenvalue weighted by Crippen LogP contribution is 2.28. The predicted octanol–water partition coefficient (Wildman–Crippen LogP) is 2.68. The Morgan fingerprint density at radius 2 is 1.94 bits per heavy atom. The van der Waals surface area contributed by atoms with Gasteiger partial charge in [0.15, 0.2) is 0 Å². The molecule has 0 unspecified atom stereocenters. The van der Waals surface area contributed by atoms with Crippen molar-refractivity contribution in [1.82, 2.24) is 0 Å². The molecule has 0 N–H and O–H groups in total. The Kier molecular flexibility index (Phi) is 3.41. The van der Waals surface area contributed by atoms with Crippen LogP contribution in [0.5, 0.6) is 5.75 Å². The first-order valence-electron chi connectivity index (χ1n) is 4.29. The molecule has 0 atom stereocenters. The molecule has 3 nitrogen and oxygen atoms in total. The summed E-state index contributed by atoms with van der Waals surface area (Å²) in [7, 11) is 1.09. The molecule has 16 heavy (non-hydrogen) atoms. The molecule has 0 aliphatic rings. The molecule has 88 valence electrons. The van der Waals surface area contributed by atoms with Crippen molar-refractivity contribution in [2.45, 2.75) is 13.3 Å². The van der Waals surface area contributed by atoms with Crippen molar-refractivity contribution in [3.63, 3.8) is 0 Å². The molecule has 0 heterocycles. The van der Waals surface area contributed by atoms with Crippen molar-refractivity contribution in [3.8, 4) is 5.75 Å². The van der Waals surface area contributed by atoms with Crippen molar-refractivity contribution in [2.75, 3.05) is 7.11 Å². The van der Waals surface area contributed by atoms with Crippen LogP contribution < -0.4 is 4.74 Å². The zero-order valence-corrected chi connectivity index (χ0v) is 8.59. The van der Waals surface area contributed by atoms with Gasteiger partial charge in [0.25, 0.3) is 0 Å². The number of halogens is 3. The van der Waals surface area contributed by atoms with Crippen molar-refractivity contribution in [1.29, 1.82) is 0 Å². The number of benzene rings is 1. The highest BCUT2D eigenvalue weighted by Gasteiger charge is 2.33. The molecule has 1 aromatic rings. The molecule has 1 aromatic carbocycles. The van der Waals surface area contributed by atoms with Crippen LogP contribution in [0.2, 0.25) is 0 Å². The van der Waals surface area contributed by atoms with Gasteiger partial charge in [-0.15, -0.1) is 13.2 Å². The Morgan fingerprint density at radius 1 is 1.31 bits per heavy atom. The Hall–Kier alpha value is -1.72. The standard InChI is InChI=1S/C10H9F3O3/c1-6-4-3-5-7(16-10(11,12)13)8(6)9(14)15-2/h3-5H,1-2H3. The zero-order valence-electron chi connectivity index (χ0n) is 8.59. The van der Waals surface area contributed by atoms with Gasteiger partial charge in [0.05, 0.1) is 7.11 Å². The average Bonchev–Trinajstić information content (AvgIpc) is 2.14. The Labute approximate surface area is 89.8 Å². The lowest BCUT2D eigenvalue weighted by Gasteiger charge is -2.13. The molecule has 0 aliphatic carbocycles. The molecule has 0 spiro atoms. The Balaban J connectivity index is 3.18. The van der Waals surface area contributed by atoms with Crippen LogP contribution in [0, 0.1) is 6.92 Å². The van der Waals surface area contributed by atoms with Crippen LogP contribution in [0.1, 0.15) is 15.9 Å². The molecule has 0 saturated carbocycles. The van der Waals surface area contributed by atoms with Crippen LogP contribution in [0.3, 0.4) is 0 Å². The third-order valence-electron chi connectivity index (χ3n) is 1.85. The van der Waals surface area contributed by atoms with Crippen LogP contribution in [-0.2, 0) is 4.74 Å². The molecule has 0 saturated heterocycles. The van der Waals surface area contributed by atoms with E-state index in [1.165, 1.54) is 19.1 Å². The maximum atomic E-state index is 12.0. The molecule has 0 radical (unpaired) electrons. The van der Waals surface area contributed by atoms with E-state index in [2.05, 4.69) is 9.47 Å². The minimum atomic E-state index is -4.84. The van der Waals surface area contributed by atoms with E-state index in [0.717, 1.165) is 13.2 Å². The summed E-state index contributed by atoms with van der Waals surface area (Å²) in [6.07, 6.45) is -4.84. The van der Waals surface area contributed by atoms with Crippen LogP contribution in [0.25, 0.3) is 0 Å². The monoisotopic (exact) mass is 234 g/mol. The molecule has 0 bridgehead atoms. The lowest BCUT2D eigenvalue weighted by atomic mass is 10.1. The van der Waals surface area contributed by atoms with E-state index in [-0.39, 0.29) is 5.56 Å². The van der Waals surface area contributed by atoms with Gasteiger partial charge in [-0.25, -0.2) is 4.79 Å². The lowest BCUT2D eigenvalue weighted by molar-refractivity contribution is -0.274. The maximum absolute atomic E-state index is 12.0. The summed E-state index contributed by atoms with van der Waals surface area (Å²) in [5, 5.41) is 0. The van der Waals surface area contributed by atoms with Gasteiger partial charge in [-0.05, 0) is 18.6 Å². The highest BCUT2D eigenvalue weighted by atomic mass is 19.4. The second kappa shape index (κ2) is 4.42. The summed E-state index contributed by atoms with van der Waals surface area (Å²) in [5.41, 5.74) is 0.135. The molecule has 0 fully saturated rings. The quantitative estimate of drug-likeness (QED) is 0.738. The van der Waals surface area contributed by atoms with Gasteiger partial charge >= 0.3 is 12.3 Å². The number of methoxy groups -OCH3 is 1. The van der Waals surface area contributed by atoms with Crippen molar-refractivity contribution < 1.29 is 27.4 Å². The number of carbonyl (C=O) groups is 1. The molecular formula is C10H9F3O3. The summed E-state index contributed by atoms with van der Waals surface area (Å²) in [6.45, 7) is 1.50. The van der Waals surface area contributed by atoms with E-state index in [4.69, 9.17) is 0 Å². The van der Waals surface area contributed by atoms with Crippen LogP contribution in [0.4, 0.5) is 13.2 Å². The number of ether oxygens (including phenoxy) is 2. The summed E-state index contributed by atoms with van der Waals surface area (Å²) in [4.78, 5) is 11.3. The van der Waals surface area contributed by atoms with Crippen molar-refractivity contribution in [3.05, 3.63) is 29.3 Å². The van der Waals surface area contributed by atoms with Crippen molar-refractivity contribution >= 4 is 5.97 Å². The SMILES string of the molecule is COC(=O)c1c(C)cccc1OC(F)(F)F. The second-order valence-electron chi connectivity index (χ2n) is 2.99. The summed E-state index contributed by atoms with van der Waals surface area (Å²) in [6, 6.07) is 3.92. The van der Waals surface area contributed by atoms with E-state index in [9.17, 15) is 18.0 Å². The topological polar surface area (TPSA) is 35.5 Å². The molecule has 0 aliphatic heterocycles. The fourth-order valence-electron chi connectivity index (χ4n) is 1.21. The van der Waals surface area contributed by atoms with Gasteiger partial charge in [0.1, 0.15) is 11.3 Å². The average molecular weight is 234 g/mol. The number of esters is 1. The number of carbonyl (C=O) groups excluding carboxylic acids is 1. The first-order valence-corrected chi connectivity index (χ1v) is 4.29. The van der Waals surface area contributed by atoms with Gasteiger partial charge in [0.2, 0.25) is 0 Å². The normalized spacial score (nSPS) is 11.1. The van der Waals surface area contributed by atoms with Crippen LogP contribution in [0.15, 0.2) is 18.2 Å². The Bertz CT molecular complexity index is 399. The number of rotatable bonds is 2. The molecule has 6 heteroatoms. The third-order valence-corrected chi connectivity index (χ3v) is 1.85. The van der Waals surface area contributed by atoms with Crippen LogP contribution >= 0.6 is 0 Å². The van der Waals surface area contributed by atoms with E-state index in [0.29, 0.717) is 5.56 Å². The Morgan fingerprint density at radius 3 is 2.44 bits per heavy atom. The van der Waals surface area contributed by atoms with E-state index < -0.39 is 18.1 Å². The van der Waals surface area contributed by atoms with Crippen molar-refractivity contribution in [2.24, 2.45) is 0 Å². The summed E-state index contributed by atoms with van der Waals surface area (Å²) >= 11 is 0. The molecular weight excluding hydrogens is 225 g/mol. The predicted molar refractivity (Wildman–Crippen MR) is 49.2 cm³/mol. The van der Waals surface area contributed by atoms with E-state index in [1.54, 1.807) is 0 Å². The number of hydrogen-bond donors (Lipinski definition) is 0. The van der Waals surface area contributed by atoms with Gasteiger partial charge < -0.3 is 9.47 Å². The largest absolute Gasteiger partial charge is 0.573 e. The number of alkyl halides is 3. The summed E-state index contributed by atoms with van der Waals surface area (Å²) in [5.74, 6) is -1.42. The van der Waals surface area contributed by atoms with E-state index in [1.807, 2.05) is 0 Å². The maximum Gasteiger partial charge on any atom is 0.573 e. The lowest BCUT2D eigenvalue weighted by Crippen LogP contribution is -2.19. The number of hydrogen-bond acceptors (Lipinski definition) is 3. The van der Waals surface area contributed by atoms with Gasteiger partial charge in [-0.1, -0.05) is 12.1 Å². The van der Waals surface area contributed by atoms with Gasteiger partial charge in [0, 0.05) is 0 Å². The fourth-order valence-corrected chi connectivity index (χ4v) is 1.21. The first kappa shape index (κ1) is 12.4. The molecule has 1 rings (SSSR count). The molecule has 0 amide bonds. The minimum Gasteiger partial charge on any atom is -0.465 e. The third kappa shape index (κ3) is 2.88. The van der Waals surface area contributed by atoms with Gasteiger partial charge in [-0.2, -0.15) is 0 Å². The number of aryl methyl sites for hydroxylation is 1. The first-order chi connectivity index (χ1) is 7.35. The zero-order chi connectivity index (χ0) is 12.3. The summed E-state index contributed by atoms with van der Waals surface area (Å²) < 4.78 is 44.3. The van der Waals surface area contributed by atoms with Crippen LogP contribution in [-0.4, -0.2) is 19.4 Å². The molecule has 0 aromatic heterocycles. The van der Waals surface area contributed by atoms with Gasteiger partial charge in [-0.3, -0.25) is 0 Å². The smallest absolute Gasteiger partial charge is 0.465 e. The highest BCUT2D eigenvalue weighted by molar-refractivity contribution is 5.94.